The Morgan fingerprint density at radius 2 is 1.69 bits per heavy atom. The largest absolute Gasteiger partial charge is 0.497 e. The number of benzene rings is 2. The van der Waals surface area contributed by atoms with E-state index in [0.29, 0.717) is 18.0 Å². The Morgan fingerprint density at radius 3 is 2.31 bits per heavy atom. The van der Waals surface area contributed by atoms with E-state index in [1.54, 1.807) is 28.4 Å². The molecule has 0 aromatic heterocycles. The molecule has 3 rings (SSSR count). The summed E-state index contributed by atoms with van der Waals surface area (Å²) in [6, 6.07) is 12.1. The highest BCUT2D eigenvalue weighted by atomic mass is 16.5. The summed E-state index contributed by atoms with van der Waals surface area (Å²) >= 11 is 0. The Labute approximate surface area is 190 Å². The van der Waals surface area contributed by atoms with Crippen LogP contribution >= 0.6 is 0 Å². The summed E-state index contributed by atoms with van der Waals surface area (Å²) in [5, 5.41) is 6.92. The van der Waals surface area contributed by atoms with Gasteiger partial charge >= 0.3 is 0 Å². The molecule has 1 atom stereocenters. The fourth-order valence-corrected chi connectivity index (χ4v) is 3.75. The Kier molecular flexibility index (Phi) is 8.30. The summed E-state index contributed by atoms with van der Waals surface area (Å²) in [4.78, 5) is 7.10. The van der Waals surface area contributed by atoms with Crippen LogP contribution < -0.4 is 34.5 Å². The van der Waals surface area contributed by atoms with E-state index in [4.69, 9.17) is 23.9 Å². The van der Waals surface area contributed by atoms with Crippen molar-refractivity contribution in [2.45, 2.75) is 25.9 Å². The third kappa shape index (κ3) is 5.90. The summed E-state index contributed by atoms with van der Waals surface area (Å²) in [6.07, 6.45) is 1.01. The lowest BCUT2D eigenvalue weighted by Crippen LogP contribution is -2.44. The summed E-state index contributed by atoms with van der Waals surface area (Å²) < 4.78 is 21.5. The van der Waals surface area contributed by atoms with Crippen LogP contribution in [0.4, 0.5) is 5.69 Å². The fraction of sp³-hybridized carbons (Fsp3) is 0.458. The quantitative estimate of drug-likeness (QED) is 0.457. The second-order valence-electron chi connectivity index (χ2n) is 7.53. The summed E-state index contributed by atoms with van der Waals surface area (Å²) in [7, 11) is 6.62. The predicted octanol–water partition coefficient (Wildman–Crippen LogP) is 3.06. The molecule has 8 heteroatoms. The number of hydrogen-bond donors (Lipinski definition) is 2. The van der Waals surface area contributed by atoms with E-state index in [1.807, 2.05) is 36.4 Å². The van der Waals surface area contributed by atoms with Crippen LogP contribution in [0.25, 0.3) is 0 Å². The van der Waals surface area contributed by atoms with Gasteiger partial charge < -0.3 is 34.5 Å². The molecule has 1 aliphatic heterocycles. The summed E-state index contributed by atoms with van der Waals surface area (Å²) in [5.41, 5.74) is 2.15. The van der Waals surface area contributed by atoms with Crippen molar-refractivity contribution in [2.75, 3.05) is 53.0 Å². The highest BCUT2D eigenvalue weighted by Gasteiger charge is 2.24. The van der Waals surface area contributed by atoms with Crippen molar-refractivity contribution >= 4 is 11.6 Å². The molecule has 2 aromatic carbocycles. The molecule has 174 valence electrons. The van der Waals surface area contributed by atoms with Gasteiger partial charge in [0.1, 0.15) is 11.5 Å². The van der Waals surface area contributed by atoms with E-state index in [0.717, 1.165) is 54.8 Å². The van der Waals surface area contributed by atoms with Gasteiger partial charge in [0.05, 0.1) is 35.0 Å². The van der Waals surface area contributed by atoms with Crippen LogP contribution in [0.15, 0.2) is 41.4 Å². The molecule has 1 aliphatic rings. The number of methoxy groups -OCH3 is 4. The number of aliphatic imine (C=N–C) groups is 1. The van der Waals surface area contributed by atoms with Crippen molar-refractivity contribution in [3.63, 3.8) is 0 Å². The van der Waals surface area contributed by atoms with Gasteiger partial charge in [-0.2, -0.15) is 0 Å². The fourth-order valence-electron chi connectivity index (χ4n) is 3.75. The third-order valence-corrected chi connectivity index (χ3v) is 5.44. The minimum absolute atomic E-state index is 0.287. The molecule has 0 radical (unpaired) electrons. The molecule has 0 aliphatic carbocycles. The van der Waals surface area contributed by atoms with Crippen molar-refractivity contribution in [2.24, 2.45) is 4.99 Å². The van der Waals surface area contributed by atoms with Gasteiger partial charge in [0.15, 0.2) is 17.5 Å². The lowest BCUT2D eigenvalue weighted by molar-refractivity contribution is 0.354. The first-order valence-electron chi connectivity index (χ1n) is 10.8. The normalized spacial score (nSPS) is 16.0. The van der Waals surface area contributed by atoms with Crippen molar-refractivity contribution in [1.82, 2.24) is 10.6 Å². The number of rotatable bonds is 9. The van der Waals surface area contributed by atoms with Crippen LogP contribution in [-0.2, 0) is 6.54 Å². The van der Waals surface area contributed by atoms with Crippen molar-refractivity contribution in [1.29, 1.82) is 0 Å². The first-order chi connectivity index (χ1) is 15.6. The minimum Gasteiger partial charge on any atom is -0.497 e. The Hall–Kier alpha value is -3.29. The lowest BCUT2D eigenvalue weighted by Gasteiger charge is -2.21. The van der Waals surface area contributed by atoms with Gasteiger partial charge in [-0.1, -0.05) is 6.07 Å². The van der Waals surface area contributed by atoms with Crippen LogP contribution in [0.5, 0.6) is 23.0 Å². The zero-order valence-electron chi connectivity index (χ0n) is 19.6. The molecule has 0 amide bonds. The highest BCUT2D eigenvalue weighted by Crippen LogP contribution is 2.30. The Morgan fingerprint density at radius 1 is 0.969 bits per heavy atom. The smallest absolute Gasteiger partial charge is 0.191 e. The minimum atomic E-state index is 0.287. The average Bonchev–Trinajstić information content (AvgIpc) is 3.30. The zero-order chi connectivity index (χ0) is 22.9. The van der Waals surface area contributed by atoms with Crippen molar-refractivity contribution < 1.29 is 18.9 Å². The van der Waals surface area contributed by atoms with Gasteiger partial charge in [-0.25, -0.2) is 4.99 Å². The number of ether oxygens (including phenoxy) is 4. The summed E-state index contributed by atoms with van der Waals surface area (Å²) in [5.74, 6) is 3.81. The van der Waals surface area contributed by atoms with Gasteiger partial charge in [-0.15, -0.1) is 0 Å². The predicted molar refractivity (Wildman–Crippen MR) is 128 cm³/mol. The molecule has 2 aromatic rings. The topological polar surface area (TPSA) is 76.6 Å². The SMILES string of the molecule is CCNC(=NCc1ccc(OC)c(OC)c1)NC1CCN(c2cc(OC)cc(OC)c2)C1. The molecule has 1 unspecified atom stereocenters. The Balaban J connectivity index is 1.65. The molecule has 2 N–H and O–H groups in total. The molecule has 32 heavy (non-hydrogen) atoms. The van der Waals surface area contributed by atoms with Gasteiger partial charge in [-0.3, -0.25) is 0 Å². The molecule has 8 nitrogen and oxygen atoms in total. The standard InChI is InChI=1S/C24H34N4O4/c1-6-25-24(26-15-17-7-8-22(31-4)23(11-17)32-5)27-18-9-10-28(16-18)19-12-20(29-2)14-21(13-19)30-3/h7-8,11-14,18H,6,9-10,15-16H2,1-5H3,(H2,25,26,27). The van der Waals surface area contributed by atoms with Crippen LogP contribution in [0.3, 0.4) is 0 Å². The second-order valence-corrected chi connectivity index (χ2v) is 7.53. The van der Waals surface area contributed by atoms with Gasteiger partial charge in [0.25, 0.3) is 0 Å². The maximum atomic E-state index is 5.42. The molecular weight excluding hydrogens is 408 g/mol. The van der Waals surface area contributed by atoms with Gasteiger partial charge in [0, 0.05) is 49.6 Å². The lowest BCUT2D eigenvalue weighted by atomic mass is 10.2. The van der Waals surface area contributed by atoms with E-state index >= 15 is 0 Å². The molecule has 1 heterocycles. The average molecular weight is 443 g/mol. The molecule has 1 saturated heterocycles. The number of hydrogen-bond acceptors (Lipinski definition) is 6. The zero-order valence-corrected chi connectivity index (χ0v) is 19.6. The molecule has 0 spiro atoms. The number of guanidine groups is 1. The maximum absolute atomic E-state index is 5.42. The molecular formula is C24H34N4O4. The summed E-state index contributed by atoms with van der Waals surface area (Å²) in [6.45, 7) is 5.22. The van der Waals surface area contributed by atoms with E-state index in [1.165, 1.54) is 0 Å². The van der Waals surface area contributed by atoms with E-state index in [-0.39, 0.29) is 6.04 Å². The van der Waals surface area contributed by atoms with Gasteiger partial charge in [-0.05, 0) is 31.0 Å². The van der Waals surface area contributed by atoms with Crippen LogP contribution in [-0.4, -0.2) is 60.1 Å². The van der Waals surface area contributed by atoms with Crippen molar-refractivity contribution in [3.8, 4) is 23.0 Å². The highest BCUT2D eigenvalue weighted by molar-refractivity contribution is 5.80. The monoisotopic (exact) mass is 442 g/mol. The number of anilines is 1. The first kappa shape index (κ1) is 23.4. The van der Waals surface area contributed by atoms with Crippen LogP contribution in [0.1, 0.15) is 18.9 Å². The third-order valence-electron chi connectivity index (χ3n) is 5.44. The molecule has 0 saturated carbocycles. The van der Waals surface area contributed by atoms with E-state index in [2.05, 4.69) is 22.5 Å². The molecule has 1 fully saturated rings. The van der Waals surface area contributed by atoms with Gasteiger partial charge in [0.2, 0.25) is 0 Å². The molecule has 0 bridgehead atoms. The van der Waals surface area contributed by atoms with Crippen molar-refractivity contribution in [3.05, 3.63) is 42.0 Å². The maximum Gasteiger partial charge on any atom is 0.191 e. The first-order valence-corrected chi connectivity index (χ1v) is 10.8. The number of nitrogens with zero attached hydrogens (tertiary/aromatic N) is 2. The number of nitrogens with one attached hydrogen (secondary N) is 2. The van der Waals surface area contributed by atoms with Crippen LogP contribution in [0, 0.1) is 0 Å². The Bertz CT molecular complexity index is 897. The van der Waals surface area contributed by atoms with E-state index < -0.39 is 0 Å². The van der Waals surface area contributed by atoms with Crippen LogP contribution in [0.2, 0.25) is 0 Å². The second kappa shape index (κ2) is 11.4. The van der Waals surface area contributed by atoms with E-state index in [9.17, 15) is 0 Å².